The Morgan fingerprint density at radius 1 is 1.29 bits per heavy atom. The van der Waals surface area contributed by atoms with Gasteiger partial charge in [0, 0.05) is 12.0 Å². The van der Waals surface area contributed by atoms with Crippen molar-refractivity contribution in [3.63, 3.8) is 0 Å². The Bertz CT molecular complexity index is 688. The minimum atomic E-state index is -0.553. The van der Waals surface area contributed by atoms with Gasteiger partial charge in [0.05, 0.1) is 11.0 Å². The predicted octanol–water partition coefficient (Wildman–Crippen LogP) is 4.01. The van der Waals surface area contributed by atoms with E-state index < -0.39 is 10.7 Å². The van der Waals surface area contributed by atoms with Crippen LogP contribution in [0.4, 0.5) is 15.8 Å². The highest BCUT2D eigenvalue weighted by molar-refractivity contribution is 5.64. The van der Waals surface area contributed by atoms with E-state index in [1.165, 1.54) is 11.6 Å². The summed E-state index contributed by atoms with van der Waals surface area (Å²) in [6.07, 6.45) is 0.928. The van der Waals surface area contributed by atoms with E-state index in [4.69, 9.17) is 0 Å². The van der Waals surface area contributed by atoms with Crippen LogP contribution in [0.3, 0.4) is 0 Å². The Morgan fingerprint density at radius 3 is 2.67 bits per heavy atom. The van der Waals surface area contributed by atoms with Gasteiger partial charge in [-0.25, -0.2) is 4.39 Å². The first-order valence-electron chi connectivity index (χ1n) is 6.82. The third kappa shape index (κ3) is 2.72. The lowest BCUT2D eigenvalue weighted by Crippen LogP contribution is -2.07. The van der Waals surface area contributed by atoms with Crippen LogP contribution >= 0.6 is 0 Å². The van der Waals surface area contributed by atoms with Crippen molar-refractivity contribution in [2.45, 2.75) is 25.3 Å². The maximum Gasteiger partial charge on any atom is 0.295 e. The summed E-state index contributed by atoms with van der Waals surface area (Å²) in [6.45, 7) is 1.60. The first kappa shape index (κ1) is 13.5. The summed E-state index contributed by atoms with van der Waals surface area (Å²) in [5, 5.41) is 14.2. The van der Waals surface area contributed by atoms with Gasteiger partial charge in [0.15, 0.2) is 0 Å². The number of rotatable bonds is 4. The van der Waals surface area contributed by atoms with Crippen LogP contribution < -0.4 is 5.32 Å². The average molecular weight is 286 g/mol. The van der Waals surface area contributed by atoms with E-state index in [-0.39, 0.29) is 11.7 Å². The number of nitro benzene ring substituents is 1. The molecule has 3 rings (SSSR count). The van der Waals surface area contributed by atoms with Crippen LogP contribution in [0, 0.1) is 22.9 Å². The van der Waals surface area contributed by atoms with Crippen molar-refractivity contribution in [2.75, 3.05) is 5.32 Å². The lowest BCUT2D eigenvalue weighted by atomic mass is 10.1. The van der Waals surface area contributed by atoms with Gasteiger partial charge in [0.25, 0.3) is 5.69 Å². The minimum Gasteiger partial charge on any atom is -0.376 e. The molecule has 0 spiro atoms. The molecule has 1 saturated carbocycles. The van der Waals surface area contributed by atoms with Crippen LogP contribution in [0.5, 0.6) is 0 Å². The maximum atomic E-state index is 13.5. The van der Waals surface area contributed by atoms with Crippen molar-refractivity contribution < 1.29 is 9.31 Å². The van der Waals surface area contributed by atoms with Crippen LogP contribution in [-0.4, -0.2) is 11.0 Å². The van der Waals surface area contributed by atoms with Gasteiger partial charge in [-0.15, -0.1) is 0 Å². The third-order valence-electron chi connectivity index (χ3n) is 3.83. The number of benzene rings is 2. The molecule has 0 radical (unpaired) electrons. The van der Waals surface area contributed by atoms with Crippen LogP contribution in [0.2, 0.25) is 0 Å². The van der Waals surface area contributed by atoms with Gasteiger partial charge < -0.3 is 5.32 Å². The molecule has 2 aromatic carbocycles. The van der Waals surface area contributed by atoms with Crippen molar-refractivity contribution in [1.82, 2.24) is 0 Å². The molecule has 0 heterocycles. The molecule has 0 aromatic heterocycles. The number of hydrogen-bond acceptors (Lipinski definition) is 3. The zero-order valence-electron chi connectivity index (χ0n) is 11.5. The molecule has 108 valence electrons. The summed E-state index contributed by atoms with van der Waals surface area (Å²) in [6, 6.07) is 12.7. The molecule has 2 atom stereocenters. The number of anilines is 1. The highest BCUT2D eigenvalue weighted by Gasteiger charge is 2.39. The Labute approximate surface area is 121 Å². The number of nitrogens with zero attached hydrogens (tertiary/aromatic N) is 1. The second-order valence-corrected chi connectivity index (χ2v) is 5.38. The number of nitro groups is 1. The maximum absolute atomic E-state index is 13.5. The molecule has 0 saturated heterocycles. The highest BCUT2D eigenvalue weighted by Crippen LogP contribution is 2.44. The molecule has 0 bridgehead atoms. The van der Waals surface area contributed by atoms with Crippen molar-refractivity contribution in [3.8, 4) is 0 Å². The zero-order chi connectivity index (χ0) is 15.0. The normalized spacial score (nSPS) is 20.1. The molecule has 2 unspecified atom stereocenters. The molecular weight excluding hydrogens is 271 g/mol. The molecule has 1 fully saturated rings. The van der Waals surface area contributed by atoms with Crippen LogP contribution in [0.1, 0.15) is 23.5 Å². The van der Waals surface area contributed by atoms with Gasteiger partial charge >= 0.3 is 0 Å². The van der Waals surface area contributed by atoms with Crippen molar-refractivity contribution in [1.29, 1.82) is 0 Å². The number of aryl methyl sites for hydroxylation is 1. The molecule has 0 amide bonds. The van der Waals surface area contributed by atoms with Gasteiger partial charge in [0.2, 0.25) is 0 Å². The van der Waals surface area contributed by atoms with E-state index in [1.54, 1.807) is 6.92 Å². The third-order valence-corrected chi connectivity index (χ3v) is 3.83. The van der Waals surface area contributed by atoms with E-state index in [9.17, 15) is 14.5 Å². The minimum absolute atomic E-state index is 0.163. The van der Waals surface area contributed by atoms with Crippen molar-refractivity contribution in [3.05, 3.63) is 69.5 Å². The van der Waals surface area contributed by atoms with E-state index in [1.807, 2.05) is 18.2 Å². The molecule has 2 aromatic rings. The van der Waals surface area contributed by atoms with Crippen LogP contribution in [-0.2, 0) is 0 Å². The lowest BCUT2D eigenvalue weighted by Gasteiger charge is -2.08. The number of hydrogen-bond donors (Lipinski definition) is 1. The fourth-order valence-corrected chi connectivity index (χ4v) is 2.56. The Hall–Kier alpha value is -2.43. The molecule has 1 N–H and O–H groups in total. The van der Waals surface area contributed by atoms with Crippen LogP contribution in [0.15, 0.2) is 42.5 Å². The molecule has 21 heavy (non-hydrogen) atoms. The quantitative estimate of drug-likeness (QED) is 0.682. The summed E-state index contributed by atoms with van der Waals surface area (Å²) >= 11 is 0. The van der Waals surface area contributed by atoms with Crippen molar-refractivity contribution >= 4 is 11.4 Å². The molecule has 1 aliphatic rings. The van der Waals surface area contributed by atoms with E-state index >= 15 is 0 Å². The summed E-state index contributed by atoms with van der Waals surface area (Å²) in [5.41, 5.74) is 1.80. The van der Waals surface area contributed by atoms with Crippen molar-refractivity contribution in [2.24, 2.45) is 0 Å². The van der Waals surface area contributed by atoms with Gasteiger partial charge in [0.1, 0.15) is 11.5 Å². The first-order valence-corrected chi connectivity index (χ1v) is 6.82. The molecular formula is C16H15FN2O2. The molecule has 5 heteroatoms. The van der Waals surface area contributed by atoms with Gasteiger partial charge in [-0.3, -0.25) is 10.1 Å². The summed E-state index contributed by atoms with van der Waals surface area (Å²) in [7, 11) is 0. The van der Waals surface area contributed by atoms with E-state index in [0.717, 1.165) is 12.5 Å². The monoisotopic (exact) mass is 286 g/mol. The van der Waals surface area contributed by atoms with E-state index in [0.29, 0.717) is 17.2 Å². The molecule has 0 aliphatic heterocycles. The van der Waals surface area contributed by atoms with Gasteiger partial charge in [-0.05, 0) is 30.5 Å². The summed E-state index contributed by atoms with van der Waals surface area (Å²) in [5.74, 6) is -0.196. The van der Waals surface area contributed by atoms with E-state index in [2.05, 4.69) is 17.4 Å². The SMILES string of the molecule is Cc1cc(NC2CC2c2ccccc2)c([N+](=O)[O-])cc1F. The zero-order valence-corrected chi connectivity index (χ0v) is 11.5. The topological polar surface area (TPSA) is 55.2 Å². The highest BCUT2D eigenvalue weighted by atomic mass is 19.1. The summed E-state index contributed by atoms with van der Waals surface area (Å²) in [4.78, 5) is 10.5. The molecule has 1 aliphatic carbocycles. The average Bonchev–Trinajstić information content (AvgIpc) is 3.22. The largest absolute Gasteiger partial charge is 0.376 e. The van der Waals surface area contributed by atoms with Gasteiger partial charge in [-0.2, -0.15) is 0 Å². The Kier molecular flexibility index (Phi) is 3.33. The second-order valence-electron chi connectivity index (χ2n) is 5.38. The Morgan fingerprint density at radius 2 is 2.00 bits per heavy atom. The standard InChI is InChI=1S/C16H15FN2O2/c1-10-7-15(16(19(20)21)9-13(10)17)18-14-8-12(14)11-5-3-2-4-6-11/h2-7,9,12,14,18H,8H2,1H3. The number of nitrogens with one attached hydrogen (secondary N) is 1. The summed E-state index contributed by atoms with van der Waals surface area (Å²) < 4.78 is 13.5. The Balaban J connectivity index is 1.80. The lowest BCUT2D eigenvalue weighted by molar-refractivity contribution is -0.384. The number of halogens is 1. The smallest absolute Gasteiger partial charge is 0.295 e. The van der Waals surface area contributed by atoms with Crippen LogP contribution in [0.25, 0.3) is 0 Å². The fourth-order valence-electron chi connectivity index (χ4n) is 2.56. The first-order chi connectivity index (χ1) is 10.1. The predicted molar refractivity (Wildman–Crippen MR) is 79.0 cm³/mol. The fraction of sp³-hybridized carbons (Fsp3) is 0.250. The molecule has 4 nitrogen and oxygen atoms in total. The van der Waals surface area contributed by atoms with Gasteiger partial charge in [-0.1, -0.05) is 30.3 Å². The second kappa shape index (κ2) is 5.16.